The summed E-state index contributed by atoms with van der Waals surface area (Å²) in [7, 11) is 0. The van der Waals surface area contributed by atoms with Crippen LogP contribution in [0.3, 0.4) is 0 Å². The van der Waals surface area contributed by atoms with Crippen molar-refractivity contribution in [1.29, 1.82) is 0 Å². The van der Waals surface area contributed by atoms with Crippen LogP contribution in [-0.2, 0) is 16.0 Å². The summed E-state index contributed by atoms with van der Waals surface area (Å²) in [5, 5.41) is 0. The maximum absolute atomic E-state index is 13.7. The normalized spacial score (nSPS) is 18.0. The van der Waals surface area contributed by atoms with Crippen LogP contribution < -0.4 is 0 Å². The Hall–Kier alpha value is -2.27. The van der Waals surface area contributed by atoms with E-state index in [0.717, 1.165) is 11.3 Å². The zero-order chi connectivity index (χ0) is 16.2. The van der Waals surface area contributed by atoms with E-state index in [1.54, 1.807) is 29.3 Å². The van der Waals surface area contributed by atoms with Gasteiger partial charge in [0, 0.05) is 18.4 Å². The van der Waals surface area contributed by atoms with Crippen molar-refractivity contribution in [2.75, 3.05) is 19.7 Å². The standard InChI is InChI=1S/C18H19FN2O2/c1-13-10-15(6-7-20-13)17-12-21(8-9-23-17)18(22)11-14-4-2-3-5-16(14)19/h2-7,10,17H,8-9,11-12H2,1H3/t17-/m0/s1. The maximum atomic E-state index is 13.7. The number of rotatable bonds is 3. The molecule has 2 heterocycles. The third-order valence-electron chi connectivity index (χ3n) is 4.01. The molecule has 0 aliphatic carbocycles. The van der Waals surface area contributed by atoms with Crippen LogP contribution in [0.5, 0.6) is 0 Å². The molecular formula is C18H19FN2O2. The Morgan fingerprint density at radius 1 is 1.39 bits per heavy atom. The Balaban J connectivity index is 1.68. The van der Waals surface area contributed by atoms with Gasteiger partial charge in [0.25, 0.3) is 0 Å². The summed E-state index contributed by atoms with van der Waals surface area (Å²) < 4.78 is 19.5. The molecule has 3 rings (SSSR count). The first-order chi connectivity index (χ1) is 11.1. The fourth-order valence-corrected chi connectivity index (χ4v) is 2.76. The monoisotopic (exact) mass is 314 g/mol. The lowest BCUT2D eigenvalue weighted by Crippen LogP contribution is -2.43. The topological polar surface area (TPSA) is 42.4 Å². The quantitative estimate of drug-likeness (QED) is 0.875. The Morgan fingerprint density at radius 3 is 3.00 bits per heavy atom. The average Bonchev–Trinajstić information content (AvgIpc) is 2.57. The number of hydrogen-bond acceptors (Lipinski definition) is 3. The van der Waals surface area contributed by atoms with E-state index in [0.29, 0.717) is 25.3 Å². The molecule has 1 fully saturated rings. The van der Waals surface area contributed by atoms with Crippen molar-refractivity contribution >= 4 is 5.91 Å². The van der Waals surface area contributed by atoms with Gasteiger partial charge in [-0.15, -0.1) is 0 Å². The van der Waals surface area contributed by atoms with E-state index in [4.69, 9.17) is 4.74 Å². The second-order valence-corrected chi connectivity index (χ2v) is 5.70. The molecule has 0 N–H and O–H groups in total. The predicted octanol–water partition coefficient (Wildman–Crippen LogP) is 2.67. The molecule has 1 aromatic carbocycles. The number of halogens is 1. The van der Waals surface area contributed by atoms with Gasteiger partial charge in [-0.25, -0.2) is 4.39 Å². The lowest BCUT2D eigenvalue weighted by atomic mass is 10.1. The van der Waals surface area contributed by atoms with Gasteiger partial charge in [-0.1, -0.05) is 18.2 Å². The smallest absolute Gasteiger partial charge is 0.227 e. The van der Waals surface area contributed by atoms with Gasteiger partial charge in [-0.2, -0.15) is 0 Å². The molecular weight excluding hydrogens is 295 g/mol. The highest BCUT2D eigenvalue weighted by atomic mass is 19.1. The molecule has 1 saturated heterocycles. The van der Waals surface area contributed by atoms with E-state index in [-0.39, 0.29) is 24.2 Å². The molecule has 0 unspecified atom stereocenters. The summed E-state index contributed by atoms with van der Waals surface area (Å²) in [6, 6.07) is 10.3. The number of aryl methyl sites for hydroxylation is 1. The molecule has 0 spiro atoms. The minimum absolute atomic E-state index is 0.0748. The minimum atomic E-state index is -0.338. The summed E-state index contributed by atoms with van der Waals surface area (Å²) in [5.74, 6) is -0.412. The molecule has 0 radical (unpaired) electrons. The van der Waals surface area contributed by atoms with E-state index in [1.165, 1.54) is 6.07 Å². The van der Waals surface area contributed by atoms with Gasteiger partial charge in [0.1, 0.15) is 11.9 Å². The Bertz CT molecular complexity index is 705. The maximum Gasteiger partial charge on any atom is 0.227 e. The number of pyridine rings is 1. The number of carbonyl (C=O) groups excluding carboxylic acids is 1. The van der Waals surface area contributed by atoms with Crippen molar-refractivity contribution in [3.05, 3.63) is 65.2 Å². The highest BCUT2D eigenvalue weighted by Gasteiger charge is 2.26. The van der Waals surface area contributed by atoms with Gasteiger partial charge in [-0.05, 0) is 36.2 Å². The van der Waals surface area contributed by atoms with E-state index in [9.17, 15) is 9.18 Å². The Labute approximate surface area is 134 Å². The van der Waals surface area contributed by atoms with Crippen molar-refractivity contribution in [2.45, 2.75) is 19.4 Å². The SMILES string of the molecule is Cc1cc([C@@H]2CN(C(=O)Cc3ccccc3F)CCO2)ccn1. The van der Waals surface area contributed by atoms with Gasteiger partial charge in [-0.3, -0.25) is 9.78 Å². The molecule has 0 bridgehead atoms. The molecule has 1 atom stereocenters. The second-order valence-electron chi connectivity index (χ2n) is 5.70. The number of amides is 1. The van der Waals surface area contributed by atoms with E-state index in [2.05, 4.69) is 4.98 Å². The van der Waals surface area contributed by atoms with Gasteiger partial charge in [0.2, 0.25) is 5.91 Å². The molecule has 1 amide bonds. The highest BCUT2D eigenvalue weighted by Crippen LogP contribution is 2.23. The van der Waals surface area contributed by atoms with Crippen molar-refractivity contribution in [3.63, 3.8) is 0 Å². The number of hydrogen-bond donors (Lipinski definition) is 0. The van der Waals surface area contributed by atoms with Crippen molar-refractivity contribution < 1.29 is 13.9 Å². The van der Waals surface area contributed by atoms with Crippen LogP contribution in [0.1, 0.15) is 22.9 Å². The predicted molar refractivity (Wildman–Crippen MR) is 84.4 cm³/mol. The summed E-state index contributed by atoms with van der Waals surface area (Å²) in [6.45, 7) is 3.42. The molecule has 0 saturated carbocycles. The highest BCUT2D eigenvalue weighted by molar-refractivity contribution is 5.79. The number of nitrogens with zero attached hydrogens (tertiary/aromatic N) is 2. The van der Waals surface area contributed by atoms with Crippen molar-refractivity contribution in [1.82, 2.24) is 9.88 Å². The zero-order valence-electron chi connectivity index (χ0n) is 13.0. The lowest BCUT2D eigenvalue weighted by Gasteiger charge is -2.33. The van der Waals surface area contributed by atoms with Crippen LogP contribution >= 0.6 is 0 Å². The zero-order valence-corrected chi connectivity index (χ0v) is 13.0. The second kappa shape index (κ2) is 6.87. The molecule has 2 aromatic rings. The third-order valence-corrected chi connectivity index (χ3v) is 4.01. The summed E-state index contributed by atoms with van der Waals surface area (Å²) in [5.41, 5.74) is 2.36. The first kappa shape index (κ1) is 15.6. The van der Waals surface area contributed by atoms with Gasteiger partial charge >= 0.3 is 0 Å². The van der Waals surface area contributed by atoms with E-state index >= 15 is 0 Å². The van der Waals surface area contributed by atoms with Crippen LogP contribution in [0.2, 0.25) is 0 Å². The van der Waals surface area contributed by atoms with E-state index < -0.39 is 0 Å². The Morgan fingerprint density at radius 2 is 2.22 bits per heavy atom. The number of benzene rings is 1. The molecule has 120 valence electrons. The summed E-state index contributed by atoms with van der Waals surface area (Å²) >= 11 is 0. The summed E-state index contributed by atoms with van der Waals surface area (Å²) in [6.07, 6.45) is 1.66. The number of carbonyl (C=O) groups is 1. The minimum Gasteiger partial charge on any atom is -0.370 e. The van der Waals surface area contributed by atoms with Crippen molar-refractivity contribution in [3.8, 4) is 0 Å². The average molecular weight is 314 g/mol. The molecule has 1 aliphatic heterocycles. The fraction of sp³-hybridized carbons (Fsp3) is 0.333. The Kier molecular flexibility index (Phi) is 4.67. The third kappa shape index (κ3) is 3.74. The van der Waals surface area contributed by atoms with Crippen LogP contribution in [0.15, 0.2) is 42.6 Å². The first-order valence-corrected chi connectivity index (χ1v) is 7.69. The lowest BCUT2D eigenvalue weighted by molar-refractivity contribution is -0.138. The van der Waals surface area contributed by atoms with Gasteiger partial charge in [0.15, 0.2) is 0 Å². The molecule has 23 heavy (non-hydrogen) atoms. The van der Waals surface area contributed by atoms with E-state index in [1.807, 2.05) is 19.1 Å². The number of ether oxygens (including phenoxy) is 1. The van der Waals surface area contributed by atoms with Crippen LogP contribution in [-0.4, -0.2) is 35.5 Å². The largest absolute Gasteiger partial charge is 0.370 e. The van der Waals surface area contributed by atoms with Gasteiger partial charge in [0.05, 0.1) is 19.6 Å². The van der Waals surface area contributed by atoms with Crippen LogP contribution in [0.25, 0.3) is 0 Å². The first-order valence-electron chi connectivity index (χ1n) is 7.69. The van der Waals surface area contributed by atoms with Crippen molar-refractivity contribution in [2.24, 2.45) is 0 Å². The molecule has 1 aliphatic rings. The fourth-order valence-electron chi connectivity index (χ4n) is 2.76. The van der Waals surface area contributed by atoms with Gasteiger partial charge < -0.3 is 9.64 Å². The van der Waals surface area contributed by atoms with Crippen LogP contribution in [0.4, 0.5) is 4.39 Å². The molecule has 1 aromatic heterocycles. The number of aromatic nitrogens is 1. The van der Waals surface area contributed by atoms with Crippen LogP contribution in [0, 0.1) is 12.7 Å². The summed E-state index contributed by atoms with van der Waals surface area (Å²) in [4.78, 5) is 18.4. The molecule has 4 nitrogen and oxygen atoms in total. The number of morpholine rings is 1. The molecule has 5 heteroatoms.